The summed E-state index contributed by atoms with van der Waals surface area (Å²) >= 11 is 0. The molecule has 0 N–H and O–H groups in total. The van der Waals surface area contributed by atoms with Gasteiger partial charge >= 0.3 is 5.97 Å². The first-order chi connectivity index (χ1) is 8.60. The minimum absolute atomic E-state index is 0.235. The van der Waals surface area contributed by atoms with Gasteiger partial charge in [-0.15, -0.1) is 0 Å². The molecule has 0 atom stereocenters. The summed E-state index contributed by atoms with van der Waals surface area (Å²) in [5, 5.41) is 0.885. The number of Topliss-reactive ketones (excluding diaryl/α,β-unsaturated/α-hetero) is 1. The fraction of sp³-hybridized carbons (Fsp3) is 0.214. The Hall–Kier alpha value is -2.23. The summed E-state index contributed by atoms with van der Waals surface area (Å²) in [5.41, 5.74) is 2.26. The Morgan fingerprint density at radius 3 is 2.72 bits per heavy atom. The van der Waals surface area contributed by atoms with E-state index in [1.54, 1.807) is 18.2 Å². The molecule has 18 heavy (non-hydrogen) atoms. The van der Waals surface area contributed by atoms with E-state index in [9.17, 15) is 9.59 Å². The monoisotopic (exact) mass is 243 g/mol. The SMILES string of the molecule is COC(=O)CC(=O)c1ccc2nc(C)ccc2c1. The number of hydrogen-bond acceptors (Lipinski definition) is 4. The van der Waals surface area contributed by atoms with Crippen LogP contribution >= 0.6 is 0 Å². The molecule has 2 rings (SSSR count). The largest absolute Gasteiger partial charge is 0.469 e. The lowest BCUT2D eigenvalue weighted by Crippen LogP contribution is -2.09. The van der Waals surface area contributed by atoms with Crippen molar-refractivity contribution in [3.63, 3.8) is 0 Å². The molecule has 92 valence electrons. The fourth-order valence-corrected chi connectivity index (χ4v) is 1.71. The van der Waals surface area contributed by atoms with Crippen molar-refractivity contribution in [2.75, 3.05) is 7.11 Å². The molecular weight excluding hydrogens is 230 g/mol. The number of fused-ring (bicyclic) bond motifs is 1. The molecule has 0 radical (unpaired) electrons. The van der Waals surface area contributed by atoms with Gasteiger partial charge in [0, 0.05) is 16.6 Å². The van der Waals surface area contributed by atoms with Gasteiger partial charge in [-0.1, -0.05) is 6.07 Å². The summed E-state index contributed by atoms with van der Waals surface area (Å²) in [6, 6.07) is 9.00. The van der Waals surface area contributed by atoms with Crippen LogP contribution in [-0.2, 0) is 9.53 Å². The number of hydrogen-bond donors (Lipinski definition) is 0. The van der Waals surface area contributed by atoms with Crippen molar-refractivity contribution in [1.29, 1.82) is 0 Å². The number of methoxy groups -OCH3 is 1. The highest BCUT2D eigenvalue weighted by Crippen LogP contribution is 2.16. The first-order valence-electron chi connectivity index (χ1n) is 5.57. The second-order valence-electron chi connectivity index (χ2n) is 4.04. The number of carbonyl (C=O) groups excluding carboxylic acids is 2. The third-order valence-electron chi connectivity index (χ3n) is 2.68. The number of ether oxygens (including phenoxy) is 1. The Balaban J connectivity index is 2.32. The number of nitrogens with zero attached hydrogens (tertiary/aromatic N) is 1. The van der Waals surface area contributed by atoms with Crippen molar-refractivity contribution < 1.29 is 14.3 Å². The standard InChI is InChI=1S/C14H13NO3/c1-9-3-4-10-7-11(5-6-12(10)15-9)13(16)8-14(17)18-2/h3-7H,8H2,1-2H3. The van der Waals surface area contributed by atoms with Gasteiger partial charge < -0.3 is 4.74 Å². The molecule has 1 aromatic carbocycles. The first-order valence-corrected chi connectivity index (χ1v) is 5.57. The van der Waals surface area contributed by atoms with Gasteiger partial charge in [0.05, 0.1) is 12.6 Å². The first kappa shape index (κ1) is 12.2. The molecule has 1 heterocycles. The molecule has 0 bridgehead atoms. The Bertz CT molecular complexity index is 619. The van der Waals surface area contributed by atoms with Gasteiger partial charge in [0.1, 0.15) is 6.42 Å². The summed E-state index contributed by atoms with van der Waals surface area (Å²) in [4.78, 5) is 27.2. The molecule has 0 aliphatic heterocycles. The molecule has 2 aromatic rings. The molecule has 1 aromatic heterocycles. The van der Waals surface area contributed by atoms with Gasteiger partial charge in [0.25, 0.3) is 0 Å². The van der Waals surface area contributed by atoms with Crippen LogP contribution in [0.4, 0.5) is 0 Å². The Kier molecular flexibility index (Phi) is 3.37. The number of esters is 1. The van der Waals surface area contributed by atoms with Crippen LogP contribution in [0.25, 0.3) is 10.9 Å². The lowest BCUT2D eigenvalue weighted by molar-refractivity contribution is -0.139. The Morgan fingerprint density at radius 2 is 2.00 bits per heavy atom. The lowest BCUT2D eigenvalue weighted by atomic mass is 10.1. The molecule has 0 aliphatic carbocycles. The average Bonchev–Trinajstić information content (AvgIpc) is 2.37. The number of rotatable bonds is 3. The zero-order valence-electron chi connectivity index (χ0n) is 10.3. The van der Waals surface area contributed by atoms with Gasteiger partial charge in [-0.2, -0.15) is 0 Å². The zero-order chi connectivity index (χ0) is 13.1. The Morgan fingerprint density at radius 1 is 1.22 bits per heavy atom. The topological polar surface area (TPSA) is 56.3 Å². The molecule has 0 unspecified atom stereocenters. The predicted octanol–water partition coefficient (Wildman–Crippen LogP) is 2.29. The molecule has 4 heteroatoms. The third-order valence-corrected chi connectivity index (χ3v) is 2.68. The van der Waals surface area contributed by atoms with E-state index in [1.165, 1.54) is 7.11 Å². The van der Waals surface area contributed by atoms with Crippen LogP contribution in [0, 0.1) is 6.92 Å². The smallest absolute Gasteiger partial charge is 0.313 e. The van der Waals surface area contributed by atoms with E-state index >= 15 is 0 Å². The van der Waals surface area contributed by atoms with Gasteiger partial charge in [-0.3, -0.25) is 14.6 Å². The van der Waals surface area contributed by atoms with Crippen molar-refractivity contribution in [1.82, 2.24) is 4.98 Å². The summed E-state index contributed by atoms with van der Waals surface area (Å²) in [7, 11) is 1.27. The van der Waals surface area contributed by atoms with E-state index in [-0.39, 0.29) is 12.2 Å². The molecule has 0 fully saturated rings. The van der Waals surface area contributed by atoms with Crippen LogP contribution in [0.1, 0.15) is 22.5 Å². The van der Waals surface area contributed by atoms with Crippen LogP contribution in [0.2, 0.25) is 0 Å². The average molecular weight is 243 g/mol. The maximum Gasteiger partial charge on any atom is 0.313 e. The van der Waals surface area contributed by atoms with Gasteiger partial charge in [-0.05, 0) is 31.2 Å². The molecule has 0 saturated carbocycles. The second-order valence-corrected chi connectivity index (χ2v) is 4.04. The van der Waals surface area contributed by atoms with Crippen LogP contribution in [0.5, 0.6) is 0 Å². The normalized spacial score (nSPS) is 10.3. The highest BCUT2D eigenvalue weighted by atomic mass is 16.5. The predicted molar refractivity (Wildman–Crippen MR) is 67.4 cm³/mol. The number of carbonyl (C=O) groups is 2. The zero-order valence-corrected chi connectivity index (χ0v) is 10.3. The maximum atomic E-state index is 11.8. The second kappa shape index (κ2) is 4.96. The molecule has 0 spiro atoms. The van der Waals surface area contributed by atoms with Gasteiger partial charge in [-0.25, -0.2) is 0 Å². The quantitative estimate of drug-likeness (QED) is 0.471. The van der Waals surface area contributed by atoms with Crippen LogP contribution in [-0.4, -0.2) is 23.8 Å². The molecule has 0 aliphatic rings. The maximum absolute atomic E-state index is 11.8. The van der Waals surface area contributed by atoms with Crippen LogP contribution in [0.3, 0.4) is 0 Å². The van der Waals surface area contributed by atoms with Crippen molar-refractivity contribution in [3.05, 3.63) is 41.6 Å². The third kappa shape index (κ3) is 2.53. The number of ketones is 1. The summed E-state index contributed by atoms with van der Waals surface area (Å²) < 4.78 is 4.47. The van der Waals surface area contributed by atoms with Crippen molar-refractivity contribution in [2.45, 2.75) is 13.3 Å². The van der Waals surface area contributed by atoms with Gasteiger partial charge in [0.15, 0.2) is 5.78 Å². The highest BCUT2D eigenvalue weighted by Gasteiger charge is 2.12. The van der Waals surface area contributed by atoms with E-state index in [1.807, 2.05) is 19.1 Å². The summed E-state index contributed by atoms with van der Waals surface area (Å²) in [5.74, 6) is -0.772. The minimum atomic E-state index is -0.526. The van der Waals surface area contributed by atoms with Crippen molar-refractivity contribution in [2.24, 2.45) is 0 Å². The number of benzene rings is 1. The van der Waals surface area contributed by atoms with Gasteiger partial charge in [0.2, 0.25) is 0 Å². The summed E-state index contributed by atoms with van der Waals surface area (Å²) in [6.45, 7) is 1.91. The van der Waals surface area contributed by atoms with E-state index < -0.39 is 5.97 Å². The molecule has 0 saturated heterocycles. The minimum Gasteiger partial charge on any atom is -0.469 e. The van der Waals surface area contributed by atoms with Crippen molar-refractivity contribution >= 4 is 22.7 Å². The number of aryl methyl sites for hydroxylation is 1. The van der Waals surface area contributed by atoms with Crippen molar-refractivity contribution in [3.8, 4) is 0 Å². The summed E-state index contributed by atoms with van der Waals surface area (Å²) in [6.07, 6.45) is -0.235. The number of aromatic nitrogens is 1. The van der Waals surface area contributed by atoms with E-state index in [4.69, 9.17) is 0 Å². The highest BCUT2D eigenvalue weighted by molar-refractivity contribution is 6.07. The molecular formula is C14H13NO3. The van der Waals surface area contributed by atoms with Crippen LogP contribution < -0.4 is 0 Å². The fourth-order valence-electron chi connectivity index (χ4n) is 1.71. The number of pyridine rings is 1. The van der Waals surface area contributed by atoms with Crippen LogP contribution in [0.15, 0.2) is 30.3 Å². The molecule has 0 amide bonds. The Labute approximate surface area is 105 Å². The molecule has 4 nitrogen and oxygen atoms in total. The van der Waals surface area contributed by atoms with E-state index in [0.717, 1.165) is 16.6 Å². The lowest BCUT2D eigenvalue weighted by Gasteiger charge is -2.03. The van der Waals surface area contributed by atoms with E-state index in [2.05, 4.69) is 9.72 Å². The van der Waals surface area contributed by atoms with E-state index in [0.29, 0.717) is 5.56 Å².